The van der Waals surface area contributed by atoms with Gasteiger partial charge in [-0.05, 0) is 50.9 Å². The minimum absolute atomic E-state index is 0.0502. The number of para-hydroxylation sites is 1. The molecule has 0 fully saturated rings. The van der Waals surface area contributed by atoms with Crippen LogP contribution in [-0.2, 0) is 19.4 Å². The molecule has 3 rings (SSSR count). The summed E-state index contributed by atoms with van der Waals surface area (Å²) in [6.45, 7) is 3.56. The van der Waals surface area contributed by atoms with Gasteiger partial charge in [-0.1, -0.05) is 18.2 Å². The van der Waals surface area contributed by atoms with E-state index in [0.717, 1.165) is 31.6 Å². The van der Waals surface area contributed by atoms with Crippen molar-refractivity contribution in [2.45, 2.75) is 32.7 Å². The van der Waals surface area contributed by atoms with Crippen LogP contribution < -0.4 is 0 Å². The molecular weight excluding hydrogens is 272 g/mol. The van der Waals surface area contributed by atoms with Crippen LogP contribution in [0.25, 0.3) is 5.69 Å². The highest BCUT2D eigenvalue weighted by Crippen LogP contribution is 2.28. The van der Waals surface area contributed by atoms with Gasteiger partial charge in [0.25, 0.3) is 0 Å². The van der Waals surface area contributed by atoms with Gasteiger partial charge >= 0.3 is 0 Å². The van der Waals surface area contributed by atoms with Crippen molar-refractivity contribution in [1.82, 2.24) is 14.7 Å². The predicted molar refractivity (Wildman–Crippen MR) is 86.7 cm³/mol. The molecule has 0 radical (unpaired) electrons. The molecule has 2 aromatic rings. The van der Waals surface area contributed by atoms with Crippen molar-refractivity contribution in [3.05, 3.63) is 47.3 Å². The van der Waals surface area contributed by atoms with Gasteiger partial charge in [-0.25, -0.2) is 4.68 Å². The standard InChI is InChI=1S/C18H22N4/c1-14(11-19)12-21(2)13-17-16-9-6-10-18(16)22(20-17)15-7-4-3-5-8-15/h3-5,7-8,14H,6,9-10,12-13H2,1-2H3/t14-/m1/s1. The highest BCUT2D eigenvalue weighted by Gasteiger charge is 2.23. The minimum atomic E-state index is 0.0502. The zero-order chi connectivity index (χ0) is 15.5. The first-order valence-corrected chi connectivity index (χ1v) is 7.92. The summed E-state index contributed by atoms with van der Waals surface area (Å²) < 4.78 is 2.11. The van der Waals surface area contributed by atoms with Gasteiger partial charge in [-0.3, -0.25) is 4.90 Å². The fourth-order valence-electron chi connectivity index (χ4n) is 3.25. The Labute approximate surface area is 132 Å². The second-order valence-electron chi connectivity index (χ2n) is 6.20. The van der Waals surface area contributed by atoms with E-state index in [-0.39, 0.29) is 5.92 Å². The van der Waals surface area contributed by atoms with Gasteiger partial charge in [-0.15, -0.1) is 0 Å². The Morgan fingerprint density at radius 2 is 2.09 bits per heavy atom. The van der Waals surface area contributed by atoms with Gasteiger partial charge in [-0.2, -0.15) is 10.4 Å². The van der Waals surface area contributed by atoms with Gasteiger partial charge in [0.1, 0.15) is 0 Å². The molecule has 0 unspecified atom stereocenters. The van der Waals surface area contributed by atoms with Crippen molar-refractivity contribution < 1.29 is 0 Å². The van der Waals surface area contributed by atoms with Gasteiger partial charge in [0, 0.05) is 18.8 Å². The van der Waals surface area contributed by atoms with Crippen molar-refractivity contribution in [2.24, 2.45) is 5.92 Å². The summed E-state index contributed by atoms with van der Waals surface area (Å²) in [4.78, 5) is 2.20. The predicted octanol–water partition coefficient (Wildman–Crippen LogP) is 2.95. The van der Waals surface area contributed by atoms with E-state index < -0.39 is 0 Å². The first-order chi connectivity index (χ1) is 10.7. The van der Waals surface area contributed by atoms with Crippen LogP contribution in [0.3, 0.4) is 0 Å². The molecule has 0 N–H and O–H groups in total. The van der Waals surface area contributed by atoms with Crippen molar-refractivity contribution in [3.8, 4) is 11.8 Å². The Kier molecular flexibility index (Phi) is 4.26. The third kappa shape index (κ3) is 2.90. The van der Waals surface area contributed by atoms with Gasteiger partial charge in [0.2, 0.25) is 0 Å². The lowest BCUT2D eigenvalue weighted by molar-refractivity contribution is 0.298. The molecule has 0 bridgehead atoms. The largest absolute Gasteiger partial charge is 0.299 e. The first kappa shape index (κ1) is 14.8. The van der Waals surface area contributed by atoms with Crippen LogP contribution in [0.15, 0.2) is 30.3 Å². The Hall–Kier alpha value is -2.12. The Morgan fingerprint density at radius 3 is 2.82 bits per heavy atom. The monoisotopic (exact) mass is 294 g/mol. The summed E-state index contributed by atoms with van der Waals surface area (Å²) >= 11 is 0. The zero-order valence-electron chi connectivity index (χ0n) is 13.3. The third-order valence-corrected chi connectivity index (χ3v) is 4.24. The minimum Gasteiger partial charge on any atom is -0.299 e. The number of nitrogens with zero attached hydrogens (tertiary/aromatic N) is 4. The molecule has 22 heavy (non-hydrogen) atoms. The van der Waals surface area contributed by atoms with Crippen LogP contribution in [0.4, 0.5) is 0 Å². The summed E-state index contributed by atoms with van der Waals surface area (Å²) in [5, 5.41) is 13.8. The Balaban J connectivity index is 1.86. The second kappa shape index (κ2) is 6.33. The average molecular weight is 294 g/mol. The van der Waals surface area contributed by atoms with E-state index in [1.54, 1.807) is 0 Å². The highest BCUT2D eigenvalue weighted by molar-refractivity contribution is 5.39. The van der Waals surface area contributed by atoms with Gasteiger partial charge in [0.05, 0.1) is 23.4 Å². The van der Waals surface area contributed by atoms with Crippen LogP contribution in [0.1, 0.15) is 30.3 Å². The van der Waals surface area contributed by atoms with Crippen LogP contribution in [0, 0.1) is 17.2 Å². The van der Waals surface area contributed by atoms with E-state index in [9.17, 15) is 0 Å². The molecule has 1 aliphatic rings. The van der Waals surface area contributed by atoms with E-state index in [0.29, 0.717) is 0 Å². The van der Waals surface area contributed by atoms with Gasteiger partial charge in [0.15, 0.2) is 0 Å². The lowest BCUT2D eigenvalue weighted by Gasteiger charge is -2.16. The second-order valence-corrected chi connectivity index (χ2v) is 6.20. The normalized spacial score (nSPS) is 14.8. The molecule has 0 spiro atoms. The van der Waals surface area contributed by atoms with E-state index in [4.69, 9.17) is 10.4 Å². The van der Waals surface area contributed by atoms with E-state index in [1.165, 1.54) is 23.4 Å². The smallest absolute Gasteiger partial charge is 0.0803 e. The maximum atomic E-state index is 8.96. The SMILES string of the molecule is C[C@H](C#N)CN(C)Cc1nn(-c2ccccc2)c2c1CCC2. The number of benzene rings is 1. The van der Waals surface area contributed by atoms with E-state index in [1.807, 2.05) is 13.0 Å². The number of fused-ring (bicyclic) bond motifs is 1. The molecule has 114 valence electrons. The fraction of sp³-hybridized carbons (Fsp3) is 0.444. The summed E-state index contributed by atoms with van der Waals surface area (Å²) in [5.41, 5.74) is 5.09. The molecule has 1 atom stereocenters. The summed E-state index contributed by atoms with van der Waals surface area (Å²) in [6, 6.07) is 12.7. The van der Waals surface area contributed by atoms with Crippen molar-refractivity contribution >= 4 is 0 Å². The summed E-state index contributed by atoms with van der Waals surface area (Å²) in [6.07, 6.45) is 3.44. The maximum Gasteiger partial charge on any atom is 0.0803 e. The molecule has 1 heterocycles. The number of hydrogen-bond acceptors (Lipinski definition) is 3. The Bertz CT molecular complexity index is 681. The first-order valence-electron chi connectivity index (χ1n) is 7.92. The maximum absolute atomic E-state index is 8.96. The number of aromatic nitrogens is 2. The quantitative estimate of drug-likeness (QED) is 0.851. The van der Waals surface area contributed by atoms with E-state index in [2.05, 4.69) is 47.0 Å². The molecule has 1 aromatic carbocycles. The summed E-state index contributed by atoms with van der Waals surface area (Å²) in [7, 11) is 2.07. The van der Waals surface area contributed by atoms with Crippen LogP contribution in [0.5, 0.6) is 0 Å². The lowest BCUT2D eigenvalue weighted by atomic mass is 10.1. The molecule has 0 saturated carbocycles. The lowest BCUT2D eigenvalue weighted by Crippen LogP contribution is -2.24. The molecular formula is C18H22N4. The molecule has 4 heteroatoms. The third-order valence-electron chi connectivity index (χ3n) is 4.24. The molecule has 0 aliphatic heterocycles. The zero-order valence-corrected chi connectivity index (χ0v) is 13.3. The van der Waals surface area contributed by atoms with Crippen molar-refractivity contribution in [1.29, 1.82) is 5.26 Å². The fourth-order valence-corrected chi connectivity index (χ4v) is 3.25. The molecule has 1 aromatic heterocycles. The number of hydrogen-bond donors (Lipinski definition) is 0. The van der Waals surface area contributed by atoms with Crippen LogP contribution >= 0.6 is 0 Å². The summed E-state index contributed by atoms with van der Waals surface area (Å²) in [5.74, 6) is 0.0502. The van der Waals surface area contributed by atoms with E-state index >= 15 is 0 Å². The van der Waals surface area contributed by atoms with Crippen molar-refractivity contribution in [3.63, 3.8) is 0 Å². The molecule has 0 amide bonds. The molecule has 4 nitrogen and oxygen atoms in total. The van der Waals surface area contributed by atoms with Crippen molar-refractivity contribution in [2.75, 3.05) is 13.6 Å². The van der Waals surface area contributed by atoms with Crippen LogP contribution in [0.2, 0.25) is 0 Å². The number of nitriles is 1. The topological polar surface area (TPSA) is 44.9 Å². The molecule has 0 saturated heterocycles. The molecule has 1 aliphatic carbocycles. The highest BCUT2D eigenvalue weighted by atomic mass is 15.3. The van der Waals surface area contributed by atoms with Crippen LogP contribution in [-0.4, -0.2) is 28.3 Å². The van der Waals surface area contributed by atoms with Gasteiger partial charge < -0.3 is 0 Å². The Morgan fingerprint density at radius 1 is 1.32 bits per heavy atom. The number of rotatable bonds is 5. The average Bonchev–Trinajstić information content (AvgIpc) is 3.12.